The third-order valence-corrected chi connectivity index (χ3v) is 11.2. The largest absolute Gasteiger partial charge is 0.394 e. The Hall–Kier alpha value is -3.07. The molecular weight excluding hydrogens is 768 g/mol. The summed E-state index contributed by atoms with van der Waals surface area (Å²) in [4.78, 5) is 4.09. The van der Waals surface area contributed by atoms with Crippen LogP contribution in [0, 0.1) is 11.3 Å². The fraction of sp³-hybridized carbons (Fsp3) is 0.333. The maximum Gasteiger partial charge on any atom is 0.0895 e. The van der Waals surface area contributed by atoms with Gasteiger partial charge in [0.15, 0.2) is 0 Å². The predicted molar refractivity (Wildman–Crippen MR) is 194 cm³/mol. The van der Waals surface area contributed by atoms with Crippen molar-refractivity contribution in [1.29, 1.82) is 5.26 Å². The van der Waals surface area contributed by atoms with Crippen molar-refractivity contribution in [3.63, 3.8) is 0 Å². The summed E-state index contributed by atoms with van der Waals surface area (Å²) in [5, 5.41) is 52.5. The summed E-state index contributed by atoms with van der Waals surface area (Å²) in [6.45, 7) is 0.556. The van der Waals surface area contributed by atoms with E-state index < -0.39 is 12.2 Å². The van der Waals surface area contributed by atoms with E-state index in [0.717, 1.165) is 11.6 Å². The Morgan fingerprint density at radius 3 is 2.32 bits per heavy atom. The maximum absolute atomic E-state index is 9.75. The van der Waals surface area contributed by atoms with Crippen molar-refractivity contribution in [1.82, 2.24) is 10.3 Å². The van der Waals surface area contributed by atoms with Gasteiger partial charge in [-0.2, -0.15) is 5.26 Å². The van der Waals surface area contributed by atoms with Gasteiger partial charge in [-0.3, -0.25) is 4.98 Å². The van der Waals surface area contributed by atoms with E-state index in [4.69, 9.17) is 59.2 Å². The van der Waals surface area contributed by atoms with E-state index in [-0.39, 0.29) is 55.3 Å². The molecule has 0 amide bonds. The normalized spacial score (nSPS) is 12.5. The molecule has 0 unspecified atom stereocenters. The predicted octanol–water partition coefficient (Wildman–Crippen LogP) is 5.84. The van der Waals surface area contributed by atoms with Crippen LogP contribution in [0.5, 0.6) is 17.2 Å². The molecule has 5 N–H and O–H groups in total. The van der Waals surface area contributed by atoms with Gasteiger partial charge in [-0.1, -0.05) is 11.6 Å². The number of aliphatic hydroxyl groups excluding tert-OH is 4. The zero-order valence-corrected chi connectivity index (χ0v) is 31.2. The van der Waals surface area contributed by atoms with Gasteiger partial charge in [0, 0.05) is 42.7 Å². The van der Waals surface area contributed by atoms with Gasteiger partial charge in [0.25, 0.3) is 0 Å². The van der Waals surface area contributed by atoms with Gasteiger partial charge in [-0.25, -0.2) is 0 Å². The first-order valence-electron chi connectivity index (χ1n) is 15.8. The third kappa shape index (κ3) is 11.7. The summed E-state index contributed by atoms with van der Waals surface area (Å²) in [7, 11) is 0. The Kier molecular flexibility index (Phi) is 16.4. The molecule has 2 atom stereocenters. The number of rotatable bonds is 20. The third-order valence-electron chi connectivity index (χ3n) is 7.32. The summed E-state index contributed by atoms with van der Waals surface area (Å²) in [5.74, 6) is 1.36. The summed E-state index contributed by atoms with van der Waals surface area (Å²) in [6, 6.07) is 18.3. The molecule has 4 rings (SSSR count). The smallest absolute Gasteiger partial charge is 0.0895 e. The van der Waals surface area contributed by atoms with Gasteiger partial charge in [-0.05, 0) is 12.1 Å². The molecule has 0 spiro atoms. The van der Waals surface area contributed by atoms with Crippen LogP contribution in [0.1, 0.15) is 28.7 Å². The monoisotopic (exact) mass is 804 g/mol. The quantitative estimate of drug-likeness (QED) is 0.0543. The number of ether oxygens (including phenoxy) is 3. The van der Waals surface area contributed by atoms with Crippen molar-refractivity contribution in [3.05, 3.63) is 104 Å². The van der Waals surface area contributed by atoms with Crippen molar-refractivity contribution in [2.45, 2.75) is 48.8 Å². The molecular formula is C36H38AsCl3N3O7. The molecule has 0 saturated heterocycles. The second kappa shape index (κ2) is 20.7. The van der Waals surface area contributed by atoms with Crippen molar-refractivity contribution in [2.24, 2.45) is 0 Å². The van der Waals surface area contributed by atoms with Crippen molar-refractivity contribution >= 4 is 50.6 Å². The molecule has 3 aromatic carbocycles. The first-order chi connectivity index (χ1) is 24.2. The van der Waals surface area contributed by atoms with Gasteiger partial charge in [-0.15, -0.1) is 0 Å². The standard InChI is InChI=1S/C36H38AsCl3N3O7/c38-31-11-26(17-43-18-28(47)20-45)33(49-21-24-10-23(14-41)15-42-16-24)12-34(31)50-22-25-4-1-5-29(35(25)39)30-6-2-7-32(36(30)40)48-9-3-8-37-13-27(46)19-44/h1-2,4-7,10-12,15-16,27-28,43-47H,3,8-9,13,17-22H2/t27-,28+/m1/s1. The van der Waals surface area contributed by atoms with Gasteiger partial charge >= 0.3 is 170 Å². The van der Waals surface area contributed by atoms with E-state index in [9.17, 15) is 15.5 Å². The Morgan fingerprint density at radius 2 is 1.56 bits per heavy atom. The molecule has 0 fully saturated rings. The molecule has 14 heteroatoms. The van der Waals surface area contributed by atoms with Crippen molar-refractivity contribution in [2.75, 3.05) is 26.4 Å². The van der Waals surface area contributed by atoms with Crippen molar-refractivity contribution < 1.29 is 34.6 Å². The zero-order valence-electron chi connectivity index (χ0n) is 27.1. The molecule has 4 aromatic rings. The molecule has 265 valence electrons. The van der Waals surface area contributed by atoms with Crippen LogP contribution < -0.4 is 19.5 Å². The van der Waals surface area contributed by atoms with Crippen LogP contribution in [-0.4, -0.2) is 79.7 Å². The summed E-state index contributed by atoms with van der Waals surface area (Å²) in [5.41, 5.74) is 3.91. The van der Waals surface area contributed by atoms with E-state index in [1.54, 1.807) is 24.4 Å². The SMILES string of the molecule is N#Cc1cncc(COc2cc(OCc3cccc(-c4cccc(OCCC[As]C[C@@H](O)CO)c4Cl)c3Cl)c(Cl)cc2CNC[C@H](O)CO)c1. The molecule has 50 heavy (non-hydrogen) atoms. The van der Waals surface area contributed by atoms with Crippen LogP contribution in [-0.2, 0) is 19.8 Å². The molecule has 1 aromatic heterocycles. The van der Waals surface area contributed by atoms with Crippen LogP contribution >= 0.6 is 34.8 Å². The number of aliphatic hydroxyl groups is 4. The number of benzene rings is 3. The summed E-state index contributed by atoms with van der Waals surface area (Å²) >= 11 is 20.3. The fourth-order valence-electron chi connectivity index (χ4n) is 4.73. The Morgan fingerprint density at radius 1 is 0.820 bits per heavy atom. The van der Waals surface area contributed by atoms with E-state index in [1.165, 1.54) is 6.20 Å². The van der Waals surface area contributed by atoms with E-state index in [0.29, 0.717) is 77.5 Å². The van der Waals surface area contributed by atoms with Gasteiger partial charge in [0.05, 0.1) is 23.3 Å². The maximum atomic E-state index is 9.75. The average molecular weight is 806 g/mol. The van der Waals surface area contributed by atoms with Crippen LogP contribution in [0.15, 0.2) is 67.0 Å². The minimum absolute atomic E-state index is 0.0616. The van der Waals surface area contributed by atoms with Gasteiger partial charge in [0.1, 0.15) is 24.2 Å². The topological polar surface area (TPSA) is 157 Å². The summed E-state index contributed by atoms with van der Waals surface area (Å²) < 4.78 is 18.3. The summed E-state index contributed by atoms with van der Waals surface area (Å²) in [6.07, 6.45) is 2.34. The molecule has 1 heterocycles. The number of pyridine rings is 1. The van der Waals surface area contributed by atoms with Gasteiger partial charge in [0.2, 0.25) is 0 Å². The molecule has 0 aliphatic rings. The second-order valence-corrected chi connectivity index (χ2v) is 15.0. The molecule has 0 bridgehead atoms. The minimum atomic E-state index is -0.918. The number of nitrogens with one attached hydrogen (secondary N) is 1. The minimum Gasteiger partial charge on any atom is -0.394 e. The zero-order chi connectivity index (χ0) is 35.9. The number of nitrogens with zero attached hydrogens (tertiary/aromatic N) is 2. The van der Waals surface area contributed by atoms with Crippen LogP contribution in [0.3, 0.4) is 0 Å². The first-order valence-corrected chi connectivity index (χ1v) is 19.6. The Labute approximate surface area is 313 Å². The van der Waals surface area contributed by atoms with E-state index >= 15 is 0 Å². The number of halogens is 3. The van der Waals surface area contributed by atoms with Crippen LogP contribution in [0.4, 0.5) is 0 Å². The number of aromatic nitrogens is 1. The van der Waals surface area contributed by atoms with E-state index in [1.807, 2.05) is 36.4 Å². The first kappa shape index (κ1) is 39.7. The van der Waals surface area contributed by atoms with Crippen LogP contribution in [0.25, 0.3) is 11.1 Å². The molecule has 0 saturated carbocycles. The van der Waals surface area contributed by atoms with E-state index in [2.05, 4.69) is 16.4 Å². The molecule has 0 aliphatic heterocycles. The Bertz CT molecular complexity index is 1740. The molecule has 10 nitrogen and oxygen atoms in total. The number of hydrogen-bond acceptors (Lipinski definition) is 10. The number of nitriles is 1. The van der Waals surface area contributed by atoms with Crippen molar-refractivity contribution in [3.8, 4) is 34.4 Å². The average Bonchev–Trinajstić information content (AvgIpc) is 3.13. The van der Waals surface area contributed by atoms with Crippen LogP contribution in [0.2, 0.25) is 25.5 Å². The second-order valence-electron chi connectivity index (χ2n) is 11.2. The molecule has 0 aliphatic carbocycles. The number of hydrogen-bond donors (Lipinski definition) is 5. The Balaban J connectivity index is 1.48. The fourth-order valence-corrected chi connectivity index (χ4v) is 7.52. The molecule has 1 radical (unpaired) electrons. The van der Waals surface area contributed by atoms with Gasteiger partial charge < -0.3 is 20.3 Å².